The van der Waals surface area contributed by atoms with Crippen LogP contribution in [0.25, 0.3) is 0 Å². The van der Waals surface area contributed by atoms with Crippen LogP contribution in [0.1, 0.15) is 38.2 Å². The van der Waals surface area contributed by atoms with Gasteiger partial charge in [0, 0.05) is 12.6 Å². The van der Waals surface area contributed by atoms with Crippen molar-refractivity contribution in [2.45, 2.75) is 43.5 Å². The fraction of sp³-hybridized carbons (Fsp3) is 0.562. The maximum Gasteiger partial charge on any atom is 0.179 e. The van der Waals surface area contributed by atoms with E-state index in [2.05, 4.69) is 11.8 Å². The van der Waals surface area contributed by atoms with Crippen molar-refractivity contribution in [1.29, 1.82) is 5.26 Å². The Morgan fingerprint density at radius 2 is 2.14 bits per heavy atom. The molecule has 0 bridgehead atoms. The lowest BCUT2D eigenvalue weighted by Crippen LogP contribution is -2.36. The highest BCUT2D eigenvalue weighted by atomic mass is 32.2. The van der Waals surface area contributed by atoms with Gasteiger partial charge in [-0.25, -0.2) is 8.42 Å². The van der Waals surface area contributed by atoms with Gasteiger partial charge >= 0.3 is 0 Å². The first-order valence-corrected chi connectivity index (χ1v) is 9.15. The Kier molecular flexibility index (Phi) is 5.38. The number of nitrogens with zero attached hydrogens (tertiary/aromatic N) is 2. The van der Waals surface area contributed by atoms with Crippen molar-refractivity contribution in [1.82, 2.24) is 4.90 Å². The second-order valence-electron chi connectivity index (χ2n) is 5.69. The average Bonchev–Trinajstić information content (AvgIpc) is 2.70. The molecule has 0 aromatic heterocycles. The second-order valence-corrected chi connectivity index (χ2v) is 7.80. The standard InChI is InChI=1S/C16H22N2O2S/c1-14-6-3-2-4-9-18(14)10-11-21(19,20)16-8-5-7-15(12-16)13-17/h5,7-8,12,14H,2-4,6,9-11H2,1H3. The van der Waals surface area contributed by atoms with Crippen LogP contribution < -0.4 is 0 Å². The van der Waals surface area contributed by atoms with E-state index in [0.29, 0.717) is 18.2 Å². The van der Waals surface area contributed by atoms with Gasteiger partial charge in [-0.15, -0.1) is 0 Å². The van der Waals surface area contributed by atoms with Crippen LogP contribution in [0.3, 0.4) is 0 Å². The molecule has 0 N–H and O–H groups in total. The number of benzene rings is 1. The summed E-state index contributed by atoms with van der Waals surface area (Å²) in [4.78, 5) is 2.53. The van der Waals surface area contributed by atoms with Crippen LogP contribution in [-0.2, 0) is 9.84 Å². The van der Waals surface area contributed by atoms with Gasteiger partial charge in [-0.1, -0.05) is 18.9 Å². The molecule has 5 heteroatoms. The van der Waals surface area contributed by atoms with Gasteiger partial charge in [0.15, 0.2) is 9.84 Å². The molecule has 0 aliphatic carbocycles. The van der Waals surface area contributed by atoms with Gasteiger partial charge in [0.2, 0.25) is 0 Å². The van der Waals surface area contributed by atoms with Gasteiger partial charge in [0.1, 0.15) is 0 Å². The van der Waals surface area contributed by atoms with Crippen molar-refractivity contribution < 1.29 is 8.42 Å². The van der Waals surface area contributed by atoms with Crippen molar-refractivity contribution in [3.05, 3.63) is 29.8 Å². The first-order valence-electron chi connectivity index (χ1n) is 7.50. The lowest BCUT2D eigenvalue weighted by Gasteiger charge is -2.26. The van der Waals surface area contributed by atoms with Crippen molar-refractivity contribution in [2.75, 3.05) is 18.8 Å². The van der Waals surface area contributed by atoms with Crippen LogP contribution in [0.4, 0.5) is 0 Å². The molecule has 1 aromatic rings. The van der Waals surface area contributed by atoms with E-state index in [1.807, 2.05) is 6.07 Å². The molecule has 21 heavy (non-hydrogen) atoms. The maximum absolute atomic E-state index is 12.4. The molecule has 1 aromatic carbocycles. The van der Waals surface area contributed by atoms with E-state index in [1.165, 1.54) is 18.9 Å². The second kappa shape index (κ2) is 7.06. The molecule has 1 heterocycles. The smallest absolute Gasteiger partial charge is 0.179 e. The SMILES string of the molecule is CC1CCCCCN1CCS(=O)(=O)c1cccc(C#N)c1. The number of rotatable bonds is 4. The van der Waals surface area contributed by atoms with Crippen molar-refractivity contribution in [2.24, 2.45) is 0 Å². The lowest BCUT2D eigenvalue weighted by molar-refractivity contribution is 0.226. The summed E-state index contributed by atoms with van der Waals surface area (Å²) in [5, 5.41) is 8.87. The molecule has 1 fully saturated rings. The highest BCUT2D eigenvalue weighted by Crippen LogP contribution is 2.18. The Hall–Kier alpha value is -1.38. The van der Waals surface area contributed by atoms with Crippen molar-refractivity contribution in [3.8, 4) is 6.07 Å². The number of hydrogen-bond donors (Lipinski definition) is 0. The van der Waals surface area contributed by atoms with Crippen LogP contribution in [0, 0.1) is 11.3 Å². The third-order valence-corrected chi connectivity index (χ3v) is 5.85. The van der Waals surface area contributed by atoms with Crippen molar-refractivity contribution in [3.63, 3.8) is 0 Å². The summed E-state index contributed by atoms with van der Waals surface area (Å²) in [5.74, 6) is 0.117. The molecular weight excluding hydrogens is 284 g/mol. The lowest BCUT2D eigenvalue weighted by atomic mass is 10.1. The van der Waals surface area contributed by atoms with Crippen LogP contribution in [0.15, 0.2) is 29.2 Å². The summed E-state index contributed by atoms with van der Waals surface area (Å²) < 4.78 is 24.8. The minimum absolute atomic E-state index is 0.117. The van der Waals surface area contributed by atoms with Gasteiger partial charge in [-0.2, -0.15) is 5.26 Å². The zero-order chi connectivity index (χ0) is 15.3. The Morgan fingerprint density at radius 3 is 2.90 bits per heavy atom. The van der Waals surface area contributed by atoms with E-state index >= 15 is 0 Å². The number of sulfone groups is 1. The largest absolute Gasteiger partial charge is 0.300 e. The fourth-order valence-electron chi connectivity index (χ4n) is 2.78. The van der Waals surface area contributed by atoms with E-state index in [0.717, 1.165) is 19.4 Å². The number of likely N-dealkylation sites (tertiary alicyclic amines) is 1. The van der Waals surface area contributed by atoms with Gasteiger partial charge in [-0.05, 0) is 44.5 Å². The minimum Gasteiger partial charge on any atom is -0.300 e. The zero-order valence-corrected chi connectivity index (χ0v) is 13.3. The molecule has 0 spiro atoms. The van der Waals surface area contributed by atoms with E-state index in [4.69, 9.17) is 5.26 Å². The first-order chi connectivity index (χ1) is 10.0. The Morgan fingerprint density at radius 1 is 1.33 bits per heavy atom. The predicted molar refractivity (Wildman–Crippen MR) is 82.7 cm³/mol. The molecule has 1 atom stereocenters. The van der Waals surface area contributed by atoms with Crippen LogP contribution >= 0.6 is 0 Å². The normalized spacial score (nSPS) is 20.7. The molecule has 0 saturated carbocycles. The predicted octanol–water partition coefficient (Wildman–Crippen LogP) is 2.60. The topological polar surface area (TPSA) is 61.2 Å². The fourth-order valence-corrected chi connectivity index (χ4v) is 4.08. The molecule has 2 rings (SSSR count). The zero-order valence-electron chi connectivity index (χ0n) is 12.5. The van der Waals surface area contributed by atoms with E-state index < -0.39 is 9.84 Å². The molecule has 0 radical (unpaired) electrons. The number of hydrogen-bond acceptors (Lipinski definition) is 4. The molecule has 1 saturated heterocycles. The van der Waals surface area contributed by atoms with Crippen LogP contribution in [0.5, 0.6) is 0 Å². The molecular formula is C16H22N2O2S. The molecule has 0 amide bonds. The number of nitriles is 1. The summed E-state index contributed by atoms with van der Waals surface area (Å²) in [5.41, 5.74) is 0.388. The Bertz CT molecular complexity index is 619. The summed E-state index contributed by atoms with van der Waals surface area (Å²) in [6.45, 7) is 3.73. The van der Waals surface area contributed by atoms with Gasteiger partial charge in [-0.3, -0.25) is 4.90 Å². The van der Waals surface area contributed by atoms with Crippen LogP contribution in [-0.4, -0.2) is 38.2 Å². The molecule has 114 valence electrons. The van der Waals surface area contributed by atoms with E-state index in [9.17, 15) is 8.42 Å². The monoisotopic (exact) mass is 306 g/mol. The van der Waals surface area contributed by atoms with Crippen LogP contribution in [0.2, 0.25) is 0 Å². The molecule has 4 nitrogen and oxygen atoms in total. The summed E-state index contributed by atoms with van der Waals surface area (Å²) in [6, 6.07) is 8.71. The Labute approximate surface area is 127 Å². The molecule has 1 aliphatic rings. The van der Waals surface area contributed by atoms with Gasteiger partial charge in [0.25, 0.3) is 0 Å². The molecule has 1 aliphatic heterocycles. The van der Waals surface area contributed by atoms with Gasteiger partial charge < -0.3 is 0 Å². The summed E-state index contributed by atoms with van der Waals surface area (Å²) in [6.07, 6.45) is 4.75. The van der Waals surface area contributed by atoms with E-state index in [-0.39, 0.29) is 10.6 Å². The third kappa shape index (κ3) is 4.29. The quantitative estimate of drug-likeness (QED) is 0.858. The highest BCUT2D eigenvalue weighted by Gasteiger charge is 2.21. The van der Waals surface area contributed by atoms with E-state index in [1.54, 1.807) is 18.2 Å². The minimum atomic E-state index is -3.32. The summed E-state index contributed by atoms with van der Waals surface area (Å²) >= 11 is 0. The first kappa shape index (κ1) is 16.0. The third-order valence-electron chi connectivity index (χ3n) is 4.16. The van der Waals surface area contributed by atoms with Crippen molar-refractivity contribution >= 4 is 9.84 Å². The Balaban J connectivity index is 2.05. The maximum atomic E-state index is 12.4. The van der Waals surface area contributed by atoms with Gasteiger partial charge in [0.05, 0.1) is 22.3 Å². The highest BCUT2D eigenvalue weighted by molar-refractivity contribution is 7.91. The summed E-state index contributed by atoms with van der Waals surface area (Å²) in [7, 11) is -3.32. The molecule has 1 unspecified atom stereocenters. The average molecular weight is 306 g/mol.